The number of carbonyl (C=O) groups is 1. The van der Waals surface area contributed by atoms with Crippen LogP contribution in [0.25, 0.3) is 0 Å². The van der Waals surface area contributed by atoms with Crippen LogP contribution < -0.4 is 0 Å². The second-order valence-electron chi connectivity index (χ2n) is 3.71. The number of nitrogens with zero attached hydrogens (tertiary/aromatic N) is 1. The van der Waals surface area contributed by atoms with Crippen molar-refractivity contribution < 1.29 is 14.7 Å². The van der Waals surface area contributed by atoms with Crippen molar-refractivity contribution in [1.82, 2.24) is 0 Å². The van der Waals surface area contributed by atoms with E-state index in [1.165, 1.54) is 0 Å². The van der Waals surface area contributed by atoms with Crippen LogP contribution in [0.3, 0.4) is 0 Å². The van der Waals surface area contributed by atoms with Crippen molar-refractivity contribution in [1.29, 1.82) is 0 Å². The SMILES string of the molecule is CC1CCC(=NO)CCCCC(=O)O1. The quantitative estimate of drug-likeness (QED) is 0.369. The maximum atomic E-state index is 11.2. The number of esters is 1. The second-order valence-corrected chi connectivity index (χ2v) is 3.71. The Kier molecular flexibility index (Phi) is 4.43. The summed E-state index contributed by atoms with van der Waals surface area (Å²) in [5.74, 6) is -0.109. The molecule has 1 rings (SSSR count). The summed E-state index contributed by atoms with van der Waals surface area (Å²) in [6.45, 7) is 1.87. The molecule has 4 nitrogen and oxygen atoms in total. The summed E-state index contributed by atoms with van der Waals surface area (Å²) in [5, 5.41) is 11.9. The molecule has 1 unspecified atom stereocenters. The van der Waals surface area contributed by atoms with Gasteiger partial charge >= 0.3 is 5.97 Å². The smallest absolute Gasteiger partial charge is 0.306 e. The molecule has 4 heteroatoms. The summed E-state index contributed by atoms with van der Waals surface area (Å²) in [4.78, 5) is 11.2. The third-order valence-electron chi connectivity index (χ3n) is 2.41. The molecule has 0 aromatic heterocycles. The van der Waals surface area contributed by atoms with E-state index in [4.69, 9.17) is 9.94 Å². The minimum Gasteiger partial charge on any atom is -0.463 e. The van der Waals surface area contributed by atoms with E-state index in [0.717, 1.165) is 31.4 Å². The summed E-state index contributed by atoms with van der Waals surface area (Å²) in [6.07, 6.45) is 4.35. The highest BCUT2D eigenvalue weighted by molar-refractivity contribution is 5.84. The zero-order valence-corrected chi connectivity index (χ0v) is 8.53. The van der Waals surface area contributed by atoms with Gasteiger partial charge in [-0.15, -0.1) is 0 Å². The topological polar surface area (TPSA) is 58.9 Å². The molecule has 1 saturated heterocycles. The molecule has 80 valence electrons. The van der Waals surface area contributed by atoms with Crippen molar-refractivity contribution in [3.8, 4) is 0 Å². The number of hydrogen-bond donors (Lipinski definition) is 1. The average Bonchev–Trinajstić information content (AvgIpc) is 2.16. The standard InChI is InChI=1S/C10H17NO3/c1-8-6-7-9(11-13)4-2-3-5-10(12)14-8/h8,13H,2-7H2,1H3. The Morgan fingerprint density at radius 3 is 2.79 bits per heavy atom. The normalized spacial score (nSPS) is 28.5. The number of carbonyl (C=O) groups excluding carboxylic acids is 1. The van der Waals surface area contributed by atoms with Gasteiger partial charge in [-0.05, 0) is 39.0 Å². The van der Waals surface area contributed by atoms with E-state index in [1.54, 1.807) is 0 Å². The first-order chi connectivity index (χ1) is 6.72. The van der Waals surface area contributed by atoms with Gasteiger partial charge in [0, 0.05) is 6.42 Å². The molecule has 0 amide bonds. The Labute approximate surface area is 83.9 Å². The predicted molar refractivity (Wildman–Crippen MR) is 52.5 cm³/mol. The fraction of sp³-hybridized carbons (Fsp3) is 0.800. The lowest BCUT2D eigenvalue weighted by molar-refractivity contribution is -0.148. The molecule has 1 atom stereocenters. The lowest BCUT2D eigenvalue weighted by Gasteiger charge is -2.15. The summed E-state index contributed by atoms with van der Waals surface area (Å²) in [6, 6.07) is 0. The molecule has 0 radical (unpaired) electrons. The van der Waals surface area contributed by atoms with Crippen molar-refractivity contribution in [2.45, 2.75) is 51.6 Å². The molecule has 0 spiro atoms. The lowest BCUT2D eigenvalue weighted by atomic mass is 10.0. The molecule has 0 aromatic rings. The third kappa shape index (κ3) is 3.77. The number of ether oxygens (including phenoxy) is 1. The van der Waals surface area contributed by atoms with Gasteiger partial charge in [-0.1, -0.05) is 5.16 Å². The van der Waals surface area contributed by atoms with E-state index in [1.807, 2.05) is 6.92 Å². The van der Waals surface area contributed by atoms with Crippen molar-refractivity contribution in [3.63, 3.8) is 0 Å². The molecule has 0 bridgehead atoms. The Morgan fingerprint density at radius 2 is 2.07 bits per heavy atom. The highest BCUT2D eigenvalue weighted by atomic mass is 16.5. The Bertz CT molecular complexity index is 225. The summed E-state index contributed by atoms with van der Waals surface area (Å²) < 4.78 is 5.14. The van der Waals surface area contributed by atoms with Crippen LogP contribution in [-0.2, 0) is 9.53 Å². The second kappa shape index (κ2) is 5.62. The first kappa shape index (κ1) is 11.0. The molecule has 0 aliphatic carbocycles. The van der Waals surface area contributed by atoms with Gasteiger partial charge in [-0.25, -0.2) is 0 Å². The molecule has 0 aromatic carbocycles. The lowest BCUT2D eigenvalue weighted by Crippen LogP contribution is -2.17. The van der Waals surface area contributed by atoms with E-state index in [9.17, 15) is 4.79 Å². The van der Waals surface area contributed by atoms with Gasteiger partial charge in [0.25, 0.3) is 0 Å². The van der Waals surface area contributed by atoms with E-state index in [0.29, 0.717) is 12.8 Å². The average molecular weight is 199 g/mol. The first-order valence-corrected chi connectivity index (χ1v) is 5.11. The minimum atomic E-state index is -0.109. The van der Waals surface area contributed by atoms with Crippen molar-refractivity contribution >= 4 is 11.7 Å². The van der Waals surface area contributed by atoms with Gasteiger partial charge in [-0.3, -0.25) is 4.79 Å². The maximum Gasteiger partial charge on any atom is 0.306 e. The van der Waals surface area contributed by atoms with Crippen LogP contribution in [-0.4, -0.2) is 23.0 Å². The van der Waals surface area contributed by atoms with E-state index >= 15 is 0 Å². The number of hydrogen-bond acceptors (Lipinski definition) is 4. The summed E-state index contributed by atoms with van der Waals surface area (Å²) >= 11 is 0. The van der Waals surface area contributed by atoms with Crippen LogP contribution in [0.2, 0.25) is 0 Å². The summed E-state index contributed by atoms with van der Waals surface area (Å²) in [5.41, 5.74) is 0.815. The third-order valence-corrected chi connectivity index (χ3v) is 2.41. The van der Waals surface area contributed by atoms with Crippen LogP contribution in [0.5, 0.6) is 0 Å². The van der Waals surface area contributed by atoms with Gasteiger partial charge in [0.2, 0.25) is 0 Å². The molecule has 1 aliphatic rings. The summed E-state index contributed by atoms with van der Waals surface area (Å²) in [7, 11) is 0. The highest BCUT2D eigenvalue weighted by Crippen LogP contribution is 2.13. The zero-order chi connectivity index (χ0) is 10.4. The first-order valence-electron chi connectivity index (χ1n) is 5.11. The molecular weight excluding hydrogens is 182 g/mol. The van der Waals surface area contributed by atoms with Crippen LogP contribution in [0.15, 0.2) is 5.16 Å². The van der Waals surface area contributed by atoms with Crippen LogP contribution >= 0.6 is 0 Å². The van der Waals surface area contributed by atoms with E-state index < -0.39 is 0 Å². The van der Waals surface area contributed by atoms with E-state index in [2.05, 4.69) is 5.16 Å². The van der Waals surface area contributed by atoms with Gasteiger partial charge in [0.05, 0.1) is 11.8 Å². The van der Waals surface area contributed by atoms with Crippen molar-refractivity contribution in [3.05, 3.63) is 0 Å². The van der Waals surface area contributed by atoms with E-state index in [-0.39, 0.29) is 12.1 Å². The molecule has 1 aliphatic heterocycles. The molecule has 1 N–H and O–H groups in total. The fourth-order valence-electron chi connectivity index (χ4n) is 1.54. The molecular formula is C10H17NO3. The largest absolute Gasteiger partial charge is 0.463 e. The van der Waals surface area contributed by atoms with Crippen molar-refractivity contribution in [2.24, 2.45) is 5.16 Å². The minimum absolute atomic E-state index is 0.0719. The Balaban J connectivity index is 2.48. The Morgan fingerprint density at radius 1 is 1.36 bits per heavy atom. The number of cyclic esters (lactones) is 1. The Hall–Kier alpha value is -1.06. The van der Waals surface area contributed by atoms with Crippen LogP contribution in [0, 0.1) is 0 Å². The highest BCUT2D eigenvalue weighted by Gasteiger charge is 2.13. The van der Waals surface area contributed by atoms with Crippen LogP contribution in [0.1, 0.15) is 45.4 Å². The zero-order valence-electron chi connectivity index (χ0n) is 8.53. The predicted octanol–water partition coefficient (Wildman–Crippen LogP) is 2.10. The van der Waals surface area contributed by atoms with Crippen molar-refractivity contribution in [2.75, 3.05) is 0 Å². The van der Waals surface area contributed by atoms with Gasteiger partial charge in [-0.2, -0.15) is 0 Å². The molecule has 1 heterocycles. The monoisotopic (exact) mass is 199 g/mol. The molecule has 1 fully saturated rings. The molecule has 14 heavy (non-hydrogen) atoms. The van der Waals surface area contributed by atoms with Gasteiger partial charge in [0.1, 0.15) is 0 Å². The number of oxime groups is 1. The molecule has 0 saturated carbocycles. The van der Waals surface area contributed by atoms with Crippen LogP contribution in [0.4, 0.5) is 0 Å². The van der Waals surface area contributed by atoms with Gasteiger partial charge < -0.3 is 9.94 Å². The van der Waals surface area contributed by atoms with Gasteiger partial charge in [0.15, 0.2) is 0 Å². The number of rotatable bonds is 0. The maximum absolute atomic E-state index is 11.2. The fourth-order valence-corrected chi connectivity index (χ4v) is 1.54.